The summed E-state index contributed by atoms with van der Waals surface area (Å²) in [6.45, 7) is 2.95. The molecule has 0 spiro atoms. The van der Waals surface area contributed by atoms with Crippen molar-refractivity contribution in [3.05, 3.63) is 29.8 Å². The Labute approximate surface area is 122 Å². The van der Waals surface area contributed by atoms with E-state index < -0.39 is 6.10 Å². The second-order valence-electron chi connectivity index (χ2n) is 6.17. The number of nitrogens with two attached hydrogens (primary N) is 1. The minimum absolute atomic E-state index is 0.495. The van der Waals surface area contributed by atoms with Crippen LogP contribution in [0.5, 0.6) is 0 Å². The van der Waals surface area contributed by atoms with Gasteiger partial charge >= 0.3 is 0 Å². The van der Waals surface area contributed by atoms with E-state index in [-0.39, 0.29) is 0 Å². The summed E-state index contributed by atoms with van der Waals surface area (Å²) in [7, 11) is 2.12. The summed E-state index contributed by atoms with van der Waals surface area (Å²) in [6, 6.07) is 8.22. The molecule has 0 saturated heterocycles. The average Bonchev–Trinajstić information content (AvgIpc) is 2.47. The molecule has 1 unspecified atom stereocenters. The zero-order valence-corrected chi connectivity index (χ0v) is 12.8. The molecule has 3 N–H and O–H groups in total. The third-order valence-electron chi connectivity index (χ3n) is 4.83. The fourth-order valence-corrected chi connectivity index (χ4v) is 3.33. The number of nitrogen functional groups attached to an aromatic ring is 1. The zero-order chi connectivity index (χ0) is 14.5. The van der Waals surface area contributed by atoms with Crippen molar-refractivity contribution < 1.29 is 5.11 Å². The molecule has 1 fully saturated rings. The van der Waals surface area contributed by atoms with Gasteiger partial charge in [0.15, 0.2) is 0 Å². The van der Waals surface area contributed by atoms with Crippen LogP contribution >= 0.6 is 0 Å². The Morgan fingerprint density at radius 1 is 1.25 bits per heavy atom. The van der Waals surface area contributed by atoms with E-state index in [1.54, 1.807) is 0 Å². The summed E-state index contributed by atoms with van der Waals surface area (Å²) in [6.07, 6.45) is 5.98. The van der Waals surface area contributed by atoms with Crippen molar-refractivity contribution >= 4 is 5.69 Å². The summed E-state index contributed by atoms with van der Waals surface area (Å²) in [5.41, 5.74) is 7.47. The Hall–Kier alpha value is -1.06. The van der Waals surface area contributed by atoms with Gasteiger partial charge in [0.2, 0.25) is 0 Å². The predicted molar refractivity (Wildman–Crippen MR) is 84.5 cm³/mol. The molecule has 1 aliphatic rings. The van der Waals surface area contributed by atoms with Crippen LogP contribution in [0.4, 0.5) is 5.69 Å². The van der Waals surface area contributed by atoms with Crippen LogP contribution in [0.3, 0.4) is 0 Å². The predicted octanol–water partition coefficient (Wildman–Crippen LogP) is 3.20. The van der Waals surface area contributed by atoms with Crippen molar-refractivity contribution in [2.45, 2.75) is 51.2 Å². The molecule has 0 heterocycles. The van der Waals surface area contributed by atoms with Crippen LogP contribution in [0.1, 0.15) is 50.7 Å². The molecule has 1 saturated carbocycles. The molecule has 0 amide bonds. The fourth-order valence-electron chi connectivity index (χ4n) is 3.33. The van der Waals surface area contributed by atoms with Crippen LogP contribution in [-0.2, 0) is 0 Å². The minimum Gasteiger partial charge on any atom is -0.398 e. The van der Waals surface area contributed by atoms with Gasteiger partial charge in [-0.15, -0.1) is 0 Å². The van der Waals surface area contributed by atoms with Crippen LogP contribution < -0.4 is 5.73 Å². The Balaban J connectivity index is 1.88. The molecular formula is C17H28N2O. The van der Waals surface area contributed by atoms with E-state index in [9.17, 15) is 5.11 Å². The molecule has 112 valence electrons. The van der Waals surface area contributed by atoms with Gasteiger partial charge in [-0.25, -0.2) is 0 Å². The number of rotatable bonds is 5. The van der Waals surface area contributed by atoms with Crippen molar-refractivity contribution in [2.24, 2.45) is 5.92 Å². The number of aliphatic hydroxyl groups excluding tert-OH is 1. The monoisotopic (exact) mass is 276 g/mol. The SMILES string of the molecule is CCC1CCC(N(C)CC(O)c2ccccc2N)CC1. The maximum atomic E-state index is 10.4. The second kappa shape index (κ2) is 7.09. The molecule has 1 aromatic carbocycles. The third-order valence-corrected chi connectivity index (χ3v) is 4.83. The standard InChI is InChI=1S/C17H28N2O/c1-3-13-8-10-14(11-9-13)19(2)12-17(20)15-6-4-5-7-16(15)18/h4-7,13-14,17,20H,3,8-12,18H2,1-2H3. The molecule has 20 heavy (non-hydrogen) atoms. The summed E-state index contributed by atoms with van der Waals surface area (Å²) in [5, 5.41) is 10.4. The molecule has 1 atom stereocenters. The van der Waals surface area contributed by atoms with Gasteiger partial charge in [-0.3, -0.25) is 0 Å². The highest BCUT2D eigenvalue weighted by molar-refractivity contribution is 5.47. The van der Waals surface area contributed by atoms with Crippen LogP contribution in [0.25, 0.3) is 0 Å². The van der Waals surface area contributed by atoms with E-state index in [1.165, 1.54) is 32.1 Å². The first-order valence-corrected chi connectivity index (χ1v) is 7.84. The van der Waals surface area contributed by atoms with Gasteiger partial charge in [-0.2, -0.15) is 0 Å². The fraction of sp³-hybridized carbons (Fsp3) is 0.647. The van der Waals surface area contributed by atoms with Gasteiger partial charge < -0.3 is 15.7 Å². The molecule has 2 rings (SSSR count). The van der Waals surface area contributed by atoms with Gasteiger partial charge in [-0.05, 0) is 44.7 Å². The number of hydrogen-bond donors (Lipinski definition) is 2. The summed E-state index contributed by atoms with van der Waals surface area (Å²) >= 11 is 0. The van der Waals surface area contributed by atoms with Crippen LogP contribution in [0, 0.1) is 5.92 Å². The number of benzene rings is 1. The van der Waals surface area contributed by atoms with Crippen LogP contribution in [0.2, 0.25) is 0 Å². The van der Waals surface area contributed by atoms with Crippen molar-refractivity contribution in [1.82, 2.24) is 4.90 Å². The van der Waals surface area contributed by atoms with Gasteiger partial charge in [-0.1, -0.05) is 31.5 Å². The Kier molecular flexibility index (Phi) is 5.44. The Morgan fingerprint density at radius 2 is 1.90 bits per heavy atom. The first-order valence-electron chi connectivity index (χ1n) is 7.84. The Morgan fingerprint density at radius 3 is 2.50 bits per heavy atom. The van der Waals surface area contributed by atoms with E-state index in [2.05, 4.69) is 18.9 Å². The van der Waals surface area contributed by atoms with Gasteiger partial charge in [0.1, 0.15) is 0 Å². The molecule has 3 nitrogen and oxygen atoms in total. The molecule has 0 aromatic heterocycles. The number of anilines is 1. The van der Waals surface area contributed by atoms with E-state index in [4.69, 9.17) is 5.73 Å². The van der Waals surface area contributed by atoms with Crippen molar-refractivity contribution in [3.63, 3.8) is 0 Å². The van der Waals surface area contributed by atoms with Gasteiger partial charge in [0.25, 0.3) is 0 Å². The molecular weight excluding hydrogens is 248 g/mol. The third kappa shape index (κ3) is 3.74. The lowest BCUT2D eigenvalue weighted by atomic mass is 9.84. The number of nitrogens with zero attached hydrogens (tertiary/aromatic N) is 1. The number of likely N-dealkylation sites (N-methyl/N-ethyl adjacent to an activating group) is 1. The van der Waals surface area contributed by atoms with Crippen LogP contribution in [-0.4, -0.2) is 29.6 Å². The highest BCUT2D eigenvalue weighted by atomic mass is 16.3. The lowest BCUT2D eigenvalue weighted by molar-refractivity contribution is 0.0844. The normalized spacial score (nSPS) is 24.8. The molecule has 3 heteroatoms. The minimum atomic E-state index is -0.495. The highest BCUT2D eigenvalue weighted by Gasteiger charge is 2.24. The maximum absolute atomic E-state index is 10.4. The maximum Gasteiger partial charge on any atom is 0.0936 e. The largest absolute Gasteiger partial charge is 0.398 e. The average molecular weight is 276 g/mol. The zero-order valence-electron chi connectivity index (χ0n) is 12.8. The van der Waals surface area contributed by atoms with Crippen molar-refractivity contribution in [1.29, 1.82) is 0 Å². The number of hydrogen-bond acceptors (Lipinski definition) is 3. The molecule has 0 aliphatic heterocycles. The number of para-hydroxylation sites is 1. The summed E-state index contributed by atoms with van der Waals surface area (Å²) < 4.78 is 0. The topological polar surface area (TPSA) is 49.5 Å². The summed E-state index contributed by atoms with van der Waals surface area (Å²) in [4.78, 5) is 2.31. The highest BCUT2D eigenvalue weighted by Crippen LogP contribution is 2.30. The lowest BCUT2D eigenvalue weighted by Gasteiger charge is -2.35. The first-order chi connectivity index (χ1) is 9.61. The summed E-state index contributed by atoms with van der Waals surface area (Å²) in [5.74, 6) is 0.911. The Bertz CT molecular complexity index is 413. The van der Waals surface area contributed by atoms with E-state index >= 15 is 0 Å². The van der Waals surface area contributed by atoms with E-state index in [0.717, 1.165) is 11.5 Å². The first kappa shape index (κ1) is 15.3. The van der Waals surface area contributed by atoms with Crippen molar-refractivity contribution in [3.8, 4) is 0 Å². The molecule has 0 radical (unpaired) electrons. The lowest BCUT2D eigenvalue weighted by Crippen LogP contribution is -2.37. The smallest absolute Gasteiger partial charge is 0.0936 e. The van der Waals surface area contributed by atoms with E-state index in [1.807, 2.05) is 24.3 Å². The molecule has 1 aromatic rings. The van der Waals surface area contributed by atoms with Crippen LogP contribution in [0.15, 0.2) is 24.3 Å². The number of aliphatic hydroxyl groups is 1. The second-order valence-corrected chi connectivity index (χ2v) is 6.17. The van der Waals surface area contributed by atoms with Crippen molar-refractivity contribution in [2.75, 3.05) is 19.3 Å². The molecule has 0 bridgehead atoms. The van der Waals surface area contributed by atoms with Gasteiger partial charge in [0, 0.05) is 23.8 Å². The molecule has 1 aliphatic carbocycles. The van der Waals surface area contributed by atoms with Gasteiger partial charge in [0.05, 0.1) is 6.10 Å². The van der Waals surface area contributed by atoms with E-state index in [0.29, 0.717) is 18.3 Å². The quantitative estimate of drug-likeness (QED) is 0.812.